The van der Waals surface area contributed by atoms with Crippen molar-refractivity contribution in [3.8, 4) is 11.5 Å². The van der Waals surface area contributed by atoms with Gasteiger partial charge in [0.2, 0.25) is 10.0 Å². The highest BCUT2D eigenvalue weighted by atomic mass is 32.2. The summed E-state index contributed by atoms with van der Waals surface area (Å²) in [5.74, 6) is -0.175. The molecule has 126 valence electrons. The molecule has 1 fully saturated rings. The normalized spacial score (nSPS) is 25.5. The van der Waals surface area contributed by atoms with Crippen LogP contribution in [0.25, 0.3) is 0 Å². The molecular weight excluding hydrogens is 322 g/mol. The van der Waals surface area contributed by atoms with E-state index in [-0.39, 0.29) is 23.8 Å². The fourth-order valence-corrected chi connectivity index (χ4v) is 4.18. The average molecular weight is 341 g/mol. The van der Waals surface area contributed by atoms with E-state index < -0.39 is 22.6 Å². The second-order valence-electron chi connectivity index (χ2n) is 5.74. The molecule has 23 heavy (non-hydrogen) atoms. The van der Waals surface area contributed by atoms with Crippen molar-refractivity contribution in [2.75, 3.05) is 12.4 Å². The van der Waals surface area contributed by atoms with Crippen LogP contribution >= 0.6 is 0 Å². The van der Waals surface area contributed by atoms with Crippen LogP contribution < -0.4 is 14.2 Å². The first-order valence-corrected chi connectivity index (χ1v) is 9.20. The third-order valence-electron chi connectivity index (χ3n) is 4.30. The minimum absolute atomic E-state index is 0.0381. The minimum atomic E-state index is -3.29. The standard InChI is InChI=1S/C15H19NO6S/c1-2-23(19,20)16-10-6-7-11-14(10)9-4-3-5-12(15(9)22-11)21-8-13(17)18/h3-5,10-11,14,16H,2,6-8H2,1H3,(H,17,18). The van der Waals surface area contributed by atoms with Crippen molar-refractivity contribution in [2.24, 2.45) is 0 Å². The molecule has 1 aliphatic carbocycles. The zero-order chi connectivity index (χ0) is 16.6. The van der Waals surface area contributed by atoms with Crippen LogP contribution in [0.1, 0.15) is 31.2 Å². The fraction of sp³-hybridized carbons (Fsp3) is 0.533. The monoisotopic (exact) mass is 341 g/mol. The van der Waals surface area contributed by atoms with E-state index in [4.69, 9.17) is 14.6 Å². The number of aliphatic carboxylic acids is 1. The molecule has 2 N–H and O–H groups in total. The molecule has 0 spiro atoms. The molecule has 0 amide bonds. The van der Waals surface area contributed by atoms with E-state index in [2.05, 4.69) is 4.72 Å². The molecule has 0 saturated heterocycles. The summed E-state index contributed by atoms with van der Waals surface area (Å²) in [4.78, 5) is 10.7. The van der Waals surface area contributed by atoms with Gasteiger partial charge in [-0.25, -0.2) is 17.9 Å². The first kappa shape index (κ1) is 16.1. The number of rotatable bonds is 6. The molecule has 1 aromatic rings. The van der Waals surface area contributed by atoms with Gasteiger partial charge in [0.05, 0.1) is 5.75 Å². The average Bonchev–Trinajstić information content (AvgIpc) is 3.05. The van der Waals surface area contributed by atoms with Crippen LogP contribution in [0.2, 0.25) is 0 Å². The molecule has 7 nitrogen and oxygen atoms in total. The van der Waals surface area contributed by atoms with Gasteiger partial charge in [-0.1, -0.05) is 12.1 Å². The second-order valence-corrected chi connectivity index (χ2v) is 7.79. The van der Waals surface area contributed by atoms with E-state index in [1.807, 2.05) is 6.07 Å². The van der Waals surface area contributed by atoms with Crippen LogP contribution in [-0.2, 0) is 14.8 Å². The molecule has 0 bridgehead atoms. The van der Waals surface area contributed by atoms with Gasteiger partial charge in [-0.3, -0.25) is 0 Å². The summed E-state index contributed by atoms with van der Waals surface area (Å²) in [5.41, 5.74) is 0.874. The molecule has 2 aliphatic rings. The van der Waals surface area contributed by atoms with Gasteiger partial charge in [0, 0.05) is 17.5 Å². The maximum atomic E-state index is 11.9. The number of fused-ring (bicyclic) bond motifs is 3. The van der Waals surface area contributed by atoms with Gasteiger partial charge in [0.15, 0.2) is 18.1 Å². The zero-order valence-corrected chi connectivity index (χ0v) is 13.5. The lowest BCUT2D eigenvalue weighted by molar-refractivity contribution is -0.139. The van der Waals surface area contributed by atoms with E-state index in [0.717, 1.165) is 12.0 Å². The summed E-state index contributed by atoms with van der Waals surface area (Å²) in [5, 5.41) is 8.74. The van der Waals surface area contributed by atoms with Crippen LogP contribution in [0.5, 0.6) is 11.5 Å². The number of carbonyl (C=O) groups is 1. The van der Waals surface area contributed by atoms with Crippen molar-refractivity contribution in [3.05, 3.63) is 23.8 Å². The van der Waals surface area contributed by atoms with Crippen LogP contribution in [0, 0.1) is 0 Å². The molecule has 3 rings (SSSR count). The topological polar surface area (TPSA) is 102 Å². The molecule has 8 heteroatoms. The molecule has 1 saturated carbocycles. The lowest BCUT2D eigenvalue weighted by Gasteiger charge is -2.19. The predicted octanol–water partition coefficient (Wildman–Crippen LogP) is 1.10. The molecule has 3 atom stereocenters. The highest BCUT2D eigenvalue weighted by Gasteiger charge is 2.46. The fourth-order valence-electron chi connectivity index (χ4n) is 3.28. The maximum Gasteiger partial charge on any atom is 0.341 e. The molecule has 1 aromatic carbocycles. The van der Waals surface area contributed by atoms with Gasteiger partial charge in [-0.2, -0.15) is 0 Å². The third-order valence-corrected chi connectivity index (χ3v) is 5.72. The number of para-hydroxylation sites is 1. The highest BCUT2D eigenvalue weighted by molar-refractivity contribution is 7.89. The summed E-state index contributed by atoms with van der Waals surface area (Å²) >= 11 is 0. The van der Waals surface area contributed by atoms with Crippen molar-refractivity contribution >= 4 is 16.0 Å². The lowest BCUT2D eigenvalue weighted by atomic mass is 9.94. The van der Waals surface area contributed by atoms with E-state index in [1.54, 1.807) is 19.1 Å². The van der Waals surface area contributed by atoms with Crippen LogP contribution in [-0.4, -0.2) is 44.0 Å². The molecule has 1 heterocycles. The minimum Gasteiger partial charge on any atom is -0.486 e. The Kier molecular flexibility index (Phi) is 4.20. The number of benzene rings is 1. The van der Waals surface area contributed by atoms with Gasteiger partial charge >= 0.3 is 5.97 Å². The Balaban J connectivity index is 1.86. The summed E-state index contributed by atoms with van der Waals surface area (Å²) in [6, 6.07) is 5.10. The first-order chi connectivity index (χ1) is 10.9. The summed E-state index contributed by atoms with van der Waals surface area (Å²) < 4.78 is 37.7. The molecular formula is C15H19NO6S. The Bertz CT molecular complexity index is 717. The number of carboxylic acid groups (broad SMARTS) is 1. The van der Waals surface area contributed by atoms with E-state index in [9.17, 15) is 13.2 Å². The summed E-state index contributed by atoms with van der Waals surface area (Å²) in [7, 11) is -3.29. The van der Waals surface area contributed by atoms with Crippen molar-refractivity contribution in [3.63, 3.8) is 0 Å². The Morgan fingerprint density at radius 2 is 2.22 bits per heavy atom. The van der Waals surface area contributed by atoms with Gasteiger partial charge in [-0.15, -0.1) is 0 Å². The quantitative estimate of drug-likeness (QED) is 0.803. The SMILES string of the molecule is CCS(=O)(=O)NC1CCC2Oc3c(OCC(=O)O)cccc3C12. The van der Waals surface area contributed by atoms with Crippen LogP contribution in [0.15, 0.2) is 18.2 Å². The Hall–Kier alpha value is -1.80. The number of carboxylic acids is 1. The van der Waals surface area contributed by atoms with Gasteiger partial charge in [-0.05, 0) is 25.8 Å². The van der Waals surface area contributed by atoms with E-state index in [1.165, 1.54) is 0 Å². The molecule has 3 unspecified atom stereocenters. The summed E-state index contributed by atoms with van der Waals surface area (Å²) in [6.45, 7) is 1.16. The van der Waals surface area contributed by atoms with E-state index >= 15 is 0 Å². The Morgan fingerprint density at radius 3 is 2.91 bits per heavy atom. The predicted molar refractivity (Wildman–Crippen MR) is 82.3 cm³/mol. The van der Waals surface area contributed by atoms with E-state index in [0.29, 0.717) is 17.9 Å². The zero-order valence-electron chi connectivity index (χ0n) is 12.7. The molecule has 0 aromatic heterocycles. The number of hydrogen-bond donors (Lipinski definition) is 2. The van der Waals surface area contributed by atoms with Gasteiger partial charge in [0.25, 0.3) is 0 Å². The first-order valence-electron chi connectivity index (χ1n) is 7.55. The largest absolute Gasteiger partial charge is 0.486 e. The van der Waals surface area contributed by atoms with Crippen molar-refractivity contribution in [1.82, 2.24) is 4.72 Å². The number of nitrogens with one attached hydrogen (secondary N) is 1. The van der Waals surface area contributed by atoms with Crippen LogP contribution in [0.4, 0.5) is 0 Å². The summed E-state index contributed by atoms with van der Waals surface area (Å²) in [6.07, 6.45) is 1.35. The Morgan fingerprint density at radius 1 is 1.43 bits per heavy atom. The highest BCUT2D eigenvalue weighted by Crippen LogP contribution is 2.50. The van der Waals surface area contributed by atoms with Crippen molar-refractivity contribution in [2.45, 2.75) is 37.8 Å². The third kappa shape index (κ3) is 3.13. The lowest BCUT2D eigenvalue weighted by Crippen LogP contribution is -2.38. The second kappa shape index (κ2) is 6.01. The molecule has 1 aliphatic heterocycles. The van der Waals surface area contributed by atoms with Gasteiger partial charge < -0.3 is 14.6 Å². The van der Waals surface area contributed by atoms with Crippen LogP contribution in [0.3, 0.4) is 0 Å². The number of hydrogen-bond acceptors (Lipinski definition) is 5. The van der Waals surface area contributed by atoms with Crippen molar-refractivity contribution in [1.29, 1.82) is 0 Å². The number of ether oxygens (including phenoxy) is 2. The molecule has 0 radical (unpaired) electrons. The smallest absolute Gasteiger partial charge is 0.341 e. The maximum absolute atomic E-state index is 11.9. The number of sulfonamides is 1. The van der Waals surface area contributed by atoms with Gasteiger partial charge in [0.1, 0.15) is 6.10 Å². The van der Waals surface area contributed by atoms with Crippen molar-refractivity contribution < 1.29 is 27.8 Å². The Labute approximate surface area is 134 Å².